The Kier molecular flexibility index (Phi) is 14.4. The van der Waals surface area contributed by atoms with Crippen LogP contribution in [0.15, 0.2) is 29.2 Å². The molecular weight excluding hydrogens is 307 g/mol. The summed E-state index contributed by atoms with van der Waals surface area (Å²) in [6.07, 6.45) is 0. The molecule has 4 nitrogen and oxygen atoms in total. The van der Waals surface area contributed by atoms with Gasteiger partial charge in [-0.15, -0.1) is 0 Å². The van der Waals surface area contributed by atoms with Gasteiger partial charge in [-0.1, -0.05) is 17.7 Å². The first kappa shape index (κ1) is 24.1. The van der Waals surface area contributed by atoms with E-state index in [4.69, 9.17) is 4.55 Å². The van der Waals surface area contributed by atoms with Gasteiger partial charge in [-0.05, 0) is 19.1 Å². The van der Waals surface area contributed by atoms with E-state index in [1.165, 1.54) is 12.1 Å². The van der Waals surface area contributed by atoms with Gasteiger partial charge in [0.15, 0.2) is 0 Å². The normalized spacial score (nSPS) is 8.40. The molecule has 0 atom stereocenters. The predicted octanol–water partition coefficient (Wildman–Crippen LogP) is 1.32. The van der Waals surface area contributed by atoms with Crippen LogP contribution >= 0.6 is 0 Å². The van der Waals surface area contributed by atoms with Gasteiger partial charge in [0.2, 0.25) is 0 Å². The number of rotatable bonds is 1. The number of benzene rings is 1. The molecule has 0 heterocycles. The third-order valence-corrected chi connectivity index (χ3v) is 2.19. The van der Waals surface area contributed by atoms with E-state index in [0.717, 1.165) is 5.56 Å². The monoisotopic (exact) mass is 323 g/mol. The summed E-state index contributed by atoms with van der Waals surface area (Å²) in [5.41, 5.74) is 0.956. The SMILES string of the molecule is Cc1ccc(S(=O)(=O)O)cc1.O.[CH3-].[CH3-].[Rh+2]. The molecule has 0 fully saturated rings. The van der Waals surface area contributed by atoms with Crippen LogP contribution in [-0.2, 0) is 29.6 Å². The van der Waals surface area contributed by atoms with Gasteiger partial charge in [0.25, 0.3) is 10.1 Å². The smallest absolute Gasteiger partial charge is 0.412 e. The molecule has 0 aliphatic carbocycles. The molecule has 0 bridgehead atoms. The quantitative estimate of drug-likeness (QED) is 0.480. The summed E-state index contributed by atoms with van der Waals surface area (Å²) in [6.45, 7) is 1.84. The second-order valence-corrected chi connectivity index (χ2v) is 3.71. The first-order valence-corrected chi connectivity index (χ1v) is 4.48. The minimum atomic E-state index is -4.02. The number of aryl methyl sites for hydroxylation is 1. The second-order valence-electron chi connectivity index (χ2n) is 2.29. The number of hydrogen-bond acceptors (Lipinski definition) is 2. The van der Waals surface area contributed by atoms with Crippen LogP contribution in [0.2, 0.25) is 0 Å². The van der Waals surface area contributed by atoms with Crippen LogP contribution in [0.25, 0.3) is 0 Å². The van der Waals surface area contributed by atoms with Crippen molar-refractivity contribution in [3.05, 3.63) is 44.7 Å². The summed E-state index contributed by atoms with van der Waals surface area (Å²) < 4.78 is 29.6. The van der Waals surface area contributed by atoms with Crippen LogP contribution < -0.4 is 0 Å². The van der Waals surface area contributed by atoms with E-state index in [1.807, 2.05) is 6.92 Å². The van der Waals surface area contributed by atoms with Crippen LogP contribution in [0.5, 0.6) is 0 Å². The first-order chi connectivity index (χ1) is 5.00. The fraction of sp³-hybridized carbons (Fsp3) is 0.111. The Morgan fingerprint density at radius 3 is 1.67 bits per heavy atom. The molecule has 1 aromatic rings. The molecular formula is C9H16O4RhS. The Balaban J connectivity index is -0.000000151. The maximum atomic E-state index is 10.5. The van der Waals surface area contributed by atoms with Crippen molar-refractivity contribution in [2.45, 2.75) is 11.8 Å². The Hall–Kier alpha value is -0.287. The van der Waals surface area contributed by atoms with Gasteiger partial charge in [-0.3, -0.25) is 4.55 Å². The molecule has 0 spiro atoms. The second kappa shape index (κ2) is 8.98. The summed E-state index contributed by atoms with van der Waals surface area (Å²) in [4.78, 5) is -0.0666. The number of hydrogen-bond donors (Lipinski definition) is 1. The molecule has 0 saturated carbocycles. The molecule has 0 saturated heterocycles. The molecule has 15 heavy (non-hydrogen) atoms. The van der Waals surface area contributed by atoms with Crippen LogP contribution in [-0.4, -0.2) is 18.4 Å². The average Bonchev–Trinajstić information content (AvgIpc) is 1.86. The van der Waals surface area contributed by atoms with Crippen molar-refractivity contribution >= 4 is 10.1 Å². The van der Waals surface area contributed by atoms with Crippen molar-refractivity contribution in [2.24, 2.45) is 0 Å². The molecule has 6 heteroatoms. The Morgan fingerprint density at radius 2 is 1.40 bits per heavy atom. The molecule has 91 valence electrons. The largest absolute Gasteiger partial charge is 2.00 e. The Morgan fingerprint density at radius 1 is 1.07 bits per heavy atom. The summed E-state index contributed by atoms with van der Waals surface area (Å²) in [6, 6.07) is 5.99. The third kappa shape index (κ3) is 7.62. The van der Waals surface area contributed by atoms with Gasteiger partial charge in [0.1, 0.15) is 0 Å². The zero-order chi connectivity index (χ0) is 8.48. The molecule has 0 amide bonds. The minimum absolute atomic E-state index is 0. The molecule has 0 aromatic heterocycles. The summed E-state index contributed by atoms with van der Waals surface area (Å²) in [7, 11) is -4.02. The Bertz CT molecular complexity index is 345. The van der Waals surface area contributed by atoms with E-state index >= 15 is 0 Å². The predicted molar refractivity (Wildman–Crippen MR) is 57.4 cm³/mol. The van der Waals surface area contributed by atoms with E-state index in [2.05, 4.69) is 0 Å². The van der Waals surface area contributed by atoms with Crippen molar-refractivity contribution in [1.82, 2.24) is 0 Å². The van der Waals surface area contributed by atoms with Crippen molar-refractivity contribution < 1.29 is 37.9 Å². The summed E-state index contributed by atoms with van der Waals surface area (Å²) in [5, 5.41) is 0. The van der Waals surface area contributed by atoms with Crippen LogP contribution in [0.4, 0.5) is 0 Å². The molecule has 1 radical (unpaired) electrons. The fourth-order valence-corrected chi connectivity index (χ4v) is 1.19. The van der Waals surface area contributed by atoms with E-state index in [1.54, 1.807) is 12.1 Å². The minimum Gasteiger partial charge on any atom is -0.412 e. The van der Waals surface area contributed by atoms with Crippen molar-refractivity contribution in [3.63, 3.8) is 0 Å². The third-order valence-electron chi connectivity index (χ3n) is 1.32. The fourth-order valence-electron chi connectivity index (χ4n) is 0.710. The van der Waals surface area contributed by atoms with Crippen LogP contribution in [0, 0.1) is 21.8 Å². The zero-order valence-electron chi connectivity index (χ0n) is 8.81. The first-order valence-electron chi connectivity index (χ1n) is 3.04. The molecule has 1 rings (SSSR count). The van der Waals surface area contributed by atoms with Gasteiger partial charge in [0, 0.05) is 0 Å². The molecule has 0 aliphatic heterocycles. The maximum Gasteiger partial charge on any atom is 2.00 e. The van der Waals surface area contributed by atoms with Crippen molar-refractivity contribution in [3.8, 4) is 0 Å². The van der Waals surface area contributed by atoms with Gasteiger partial charge < -0.3 is 20.3 Å². The van der Waals surface area contributed by atoms with Crippen molar-refractivity contribution in [2.75, 3.05) is 0 Å². The van der Waals surface area contributed by atoms with E-state index in [-0.39, 0.29) is 44.7 Å². The standard InChI is InChI=1S/C7H8O3S.2CH3.H2O.Rh/c1-6-2-4-7(5-3-6)11(8,9)10;;;;/h2-5H,1H3,(H,8,9,10);2*1H3;1H2;/q;2*-1;;+2. The summed E-state index contributed by atoms with van der Waals surface area (Å²) in [5.74, 6) is 0. The van der Waals surface area contributed by atoms with E-state index in [0.29, 0.717) is 0 Å². The summed E-state index contributed by atoms with van der Waals surface area (Å²) >= 11 is 0. The van der Waals surface area contributed by atoms with E-state index in [9.17, 15) is 8.42 Å². The van der Waals surface area contributed by atoms with Gasteiger partial charge in [-0.2, -0.15) is 8.42 Å². The maximum absolute atomic E-state index is 10.5. The van der Waals surface area contributed by atoms with Gasteiger partial charge in [-0.25, -0.2) is 0 Å². The van der Waals surface area contributed by atoms with E-state index < -0.39 is 10.1 Å². The van der Waals surface area contributed by atoms with Crippen LogP contribution in [0.1, 0.15) is 5.56 Å². The Labute approximate surface area is 105 Å². The molecule has 0 aliphatic rings. The zero-order valence-corrected chi connectivity index (χ0v) is 11.3. The van der Waals surface area contributed by atoms with Gasteiger partial charge >= 0.3 is 19.5 Å². The molecule has 0 unspecified atom stereocenters. The van der Waals surface area contributed by atoms with Gasteiger partial charge in [0.05, 0.1) is 4.90 Å². The molecule has 3 N–H and O–H groups in total. The average molecular weight is 323 g/mol. The van der Waals surface area contributed by atoms with Crippen molar-refractivity contribution in [1.29, 1.82) is 0 Å². The van der Waals surface area contributed by atoms with Crippen LogP contribution in [0.3, 0.4) is 0 Å². The topological polar surface area (TPSA) is 85.9 Å². The molecule has 1 aromatic carbocycles.